The molecular formula is C12H24N2O2. The minimum atomic E-state index is -0.542. The first-order valence-corrected chi connectivity index (χ1v) is 5.69. The Hall–Kier alpha value is -1.06. The molecule has 0 saturated heterocycles. The van der Waals surface area contributed by atoms with Crippen LogP contribution in [0.25, 0.3) is 0 Å². The van der Waals surface area contributed by atoms with Gasteiger partial charge in [-0.05, 0) is 18.3 Å². The monoisotopic (exact) mass is 228 g/mol. The third-order valence-electron chi connectivity index (χ3n) is 3.78. The molecule has 0 heterocycles. The van der Waals surface area contributed by atoms with E-state index in [0.29, 0.717) is 6.42 Å². The summed E-state index contributed by atoms with van der Waals surface area (Å²) < 4.78 is 0. The predicted molar refractivity (Wildman–Crippen MR) is 64.4 cm³/mol. The Bertz CT molecular complexity index is 270. The first-order chi connectivity index (χ1) is 7.11. The summed E-state index contributed by atoms with van der Waals surface area (Å²) in [5, 5.41) is 0. The standard InChI is InChI=1S/C12H24N2O2/c1-11(2,12(3,4)10(14)16)8-6-5-7-9(13)15/h5-8H2,1-4H3,(H2,13,15)(H2,14,16). The zero-order chi connectivity index (χ0) is 13.0. The lowest BCUT2D eigenvalue weighted by molar-refractivity contribution is -0.132. The van der Waals surface area contributed by atoms with Gasteiger partial charge in [-0.15, -0.1) is 0 Å². The van der Waals surface area contributed by atoms with Crippen LogP contribution in [0.1, 0.15) is 53.4 Å². The Morgan fingerprint density at radius 1 is 1.00 bits per heavy atom. The summed E-state index contributed by atoms with van der Waals surface area (Å²) >= 11 is 0. The summed E-state index contributed by atoms with van der Waals surface area (Å²) in [5.41, 5.74) is 9.75. The molecule has 4 nitrogen and oxygen atoms in total. The van der Waals surface area contributed by atoms with Gasteiger partial charge in [0.2, 0.25) is 11.8 Å². The van der Waals surface area contributed by atoms with Crippen molar-refractivity contribution >= 4 is 11.8 Å². The van der Waals surface area contributed by atoms with Gasteiger partial charge in [0.1, 0.15) is 0 Å². The van der Waals surface area contributed by atoms with Gasteiger partial charge in [-0.2, -0.15) is 0 Å². The Balaban J connectivity index is 4.24. The largest absolute Gasteiger partial charge is 0.370 e. The molecule has 0 atom stereocenters. The van der Waals surface area contributed by atoms with Crippen LogP contribution in [-0.2, 0) is 9.59 Å². The summed E-state index contributed by atoms with van der Waals surface area (Å²) in [7, 11) is 0. The van der Waals surface area contributed by atoms with E-state index in [4.69, 9.17) is 11.5 Å². The van der Waals surface area contributed by atoms with Gasteiger partial charge in [0.25, 0.3) is 0 Å². The molecule has 0 aromatic carbocycles. The Morgan fingerprint density at radius 2 is 1.50 bits per heavy atom. The van der Waals surface area contributed by atoms with E-state index in [1.54, 1.807) is 0 Å². The molecule has 0 aromatic rings. The van der Waals surface area contributed by atoms with Gasteiger partial charge in [0.15, 0.2) is 0 Å². The zero-order valence-corrected chi connectivity index (χ0v) is 10.8. The van der Waals surface area contributed by atoms with Crippen molar-refractivity contribution in [1.29, 1.82) is 0 Å². The number of hydrogen-bond acceptors (Lipinski definition) is 2. The van der Waals surface area contributed by atoms with Crippen LogP contribution in [0.5, 0.6) is 0 Å². The van der Waals surface area contributed by atoms with E-state index >= 15 is 0 Å². The molecule has 0 aliphatic heterocycles. The van der Waals surface area contributed by atoms with Crippen LogP contribution in [0.3, 0.4) is 0 Å². The maximum atomic E-state index is 11.4. The van der Waals surface area contributed by atoms with Crippen molar-refractivity contribution in [2.75, 3.05) is 0 Å². The molecule has 94 valence electrons. The van der Waals surface area contributed by atoms with Crippen LogP contribution < -0.4 is 11.5 Å². The van der Waals surface area contributed by atoms with Crippen LogP contribution in [0, 0.1) is 10.8 Å². The number of carbonyl (C=O) groups excluding carboxylic acids is 2. The molecule has 0 aliphatic carbocycles. The Kier molecular flexibility index (Phi) is 4.97. The van der Waals surface area contributed by atoms with Crippen LogP contribution in [0.15, 0.2) is 0 Å². The summed E-state index contributed by atoms with van der Waals surface area (Å²) in [6, 6.07) is 0. The van der Waals surface area contributed by atoms with E-state index in [-0.39, 0.29) is 17.2 Å². The second kappa shape index (κ2) is 5.32. The van der Waals surface area contributed by atoms with Crippen LogP contribution >= 0.6 is 0 Å². The maximum Gasteiger partial charge on any atom is 0.223 e. The van der Waals surface area contributed by atoms with E-state index < -0.39 is 5.41 Å². The lowest BCUT2D eigenvalue weighted by Gasteiger charge is -2.39. The first kappa shape index (κ1) is 14.9. The average Bonchev–Trinajstić information content (AvgIpc) is 2.11. The molecule has 0 radical (unpaired) electrons. The van der Waals surface area contributed by atoms with Gasteiger partial charge in [-0.3, -0.25) is 9.59 Å². The minimum Gasteiger partial charge on any atom is -0.370 e. The second-order valence-electron chi connectivity index (χ2n) is 5.55. The highest BCUT2D eigenvalue weighted by molar-refractivity contribution is 5.80. The topological polar surface area (TPSA) is 86.2 Å². The van der Waals surface area contributed by atoms with Crippen molar-refractivity contribution in [3.8, 4) is 0 Å². The molecule has 0 aromatic heterocycles. The van der Waals surface area contributed by atoms with Crippen LogP contribution in [-0.4, -0.2) is 11.8 Å². The first-order valence-electron chi connectivity index (χ1n) is 5.69. The molecule has 4 N–H and O–H groups in total. The number of amides is 2. The highest BCUT2D eigenvalue weighted by Crippen LogP contribution is 2.42. The van der Waals surface area contributed by atoms with E-state index in [9.17, 15) is 9.59 Å². The van der Waals surface area contributed by atoms with Crippen molar-refractivity contribution in [2.45, 2.75) is 53.4 Å². The van der Waals surface area contributed by atoms with Crippen molar-refractivity contribution in [2.24, 2.45) is 22.3 Å². The zero-order valence-electron chi connectivity index (χ0n) is 10.8. The summed E-state index contributed by atoms with van der Waals surface area (Å²) in [4.78, 5) is 21.9. The van der Waals surface area contributed by atoms with Gasteiger partial charge < -0.3 is 11.5 Å². The molecule has 4 heteroatoms. The Morgan fingerprint density at radius 3 is 1.88 bits per heavy atom. The number of primary amides is 2. The number of carbonyl (C=O) groups is 2. The van der Waals surface area contributed by atoms with Gasteiger partial charge in [0.05, 0.1) is 0 Å². The van der Waals surface area contributed by atoms with Crippen molar-refractivity contribution in [3.63, 3.8) is 0 Å². The van der Waals surface area contributed by atoms with Crippen LogP contribution in [0.2, 0.25) is 0 Å². The van der Waals surface area contributed by atoms with E-state index in [1.807, 2.05) is 27.7 Å². The lowest BCUT2D eigenvalue weighted by Crippen LogP contribution is -2.43. The molecule has 0 rings (SSSR count). The number of rotatable bonds is 7. The van der Waals surface area contributed by atoms with Gasteiger partial charge in [-0.25, -0.2) is 0 Å². The predicted octanol–water partition coefficient (Wildman–Crippen LogP) is 1.57. The molecule has 0 saturated carbocycles. The molecule has 0 fully saturated rings. The summed E-state index contributed by atoms with van der Waals surface area (Å²) in [5.74, 6) is -0.556. The van der Waals surface area contributed by atoms with Crippen molar-refractivity contribution < 1.29 is 9.59 Å². The number of hydrogen-bond donors (Lipinski definition) is 2. The van der Waals surface area contributed by atoms with E-state index in [0.717, 1.165) is 19.3 Å². The van der Waals surface area contributed by atoms with E-state index in [2.05, 4.69) is 0 Å². The summed E-state index contributed by atoms with van der Waals surface area (Å²) in [6.45, 7) is 7.79. The molecule has 16 heavy (non-hydrogen) atoms. The smallest absolute Gasteiger partial charge is 0.223 e. The fourth-order valence-corrected chi connectivity index (χ4v) is 1.51. The van der Waals surface area contributed by atoms with Gasteiger partial charge >= 0.3 is 0 Å². The molecule has 0 aliphatic rings. The Labute approximate surface area is 97.8 Å². The SMILES string of the molecule is CC(C)(CCCCC(N)=O)C(C)(C)C(N)=O. The molecule has 0 unspecified atom stereocenters. The molecule has 0 spiro atoms. The fourth-order valence-electron chi connectivity index (χ4n) is 1.51. The molecular weight excluding hydrogens is 204 g/mol. The highest BCUT2D eigenvalue weighted by atomic mass is 16.1. The third kappa shape index (κ3) is 3.83. The highest BCUT2D eigenvalue weighted by Gasteiger charge is 2.41. The second-order valence-corrected chi connectivity index (χ2v) is 5.55. The number of nitrogens with two attached hydrogens (primary N) is 2. The lowest BCUT2D eigenvalue weighted by atomic mass is 9.65. The minimum absolute atomic E-state index is 0.170. The van der Waals surface area contributed by atoms with Crippen LogP contribution in [0.4, 0.5) is 0 Å². The average molecular weight is 228 g/mol. The third-order valence-corrected chi connectivity index (χ3v) is 3.78. The number of unbranched alkanes of at least 4 members (excludes halogenated alkanes) is 1. The fraction of sp³-hybridized carbons (Fsp3) is 0.833. The molecule has 2 amide bonds. The van der Waals surface area contributed by atoms with Crippen molar-refractivity contribution in [3.05, 3.63) is 0 Å². The van der Waals surface area contributed by atoms with Gasteiger partial charge in [-0.1, -0.05) is 34.1 Å². The summed E-state index contributed by atoms with van der Waals surface area (Å²) in [6.07, 6.45) is 2.92. The molecule has 0 bridgehead atoms. The quantitative estimate of drug-likeness (QED) is 0.648. The normalized spacial score (nSPS) is 12.5. The van der Waals surface area contributed by atoms with Crippen molar-refractivity contribution in [1.82, 2.24) is 0 Å². The van der Waals surface area contributed by atoms with Gasteiger partial charge in [0, 0.05) is 11.8 Å². The maximum absolute atomic E-state index is 11.4. The van der Waals surface area contributed by atoms with E-state index in [1.165, 1.54) is 0 Å².